The molecule has 1 aliphatic carbocycles. The lowest BCUT2D eigenvalue weighted by Gasteiger charge is -2.31. The van der Waals surface area contributed by atoms with Gasteiger partial charge >= 0.3 is 0 Å². The Bertz CT molecular complexity index is 1210. The van der Waals surface area contributed by atoms with Crippen LogP contribution in [0.5, 0.6) is 0 Å². The van der Waals surface area contributed by atoms with E-state index in [0.717, 1.165) is 48.6 Å². The Morgan fingerprint density at radius 1 is 1.05 bits per heavy atom. The van der Waals surface area contributed by atoms with Crippen LogP contribution in [-0.2, 0) is 26.2 Å². The highest BCUT2D eigenvalue weighted by Crippen LogP contribution is 2.27. The molecular formula is C29H40ClN3O4S. The molecule has 9 heteroatoms. The normalized spacial score (nSPS) is 15.1. The molecule has 2 amide bonds. The molecule has 208 valence electrons. The number of hydrogen-bond acceptors (Lipinski definition) is 4. The summed E-state index contributed by atoms with van der Waals surface area (Å²) in [6, 6.07) is 12.5. The third kappa shape index (κ3) is 8.46. The van der Waals surface area contributed by atoms with Gasteiger partial charge in [0.2, 0.25) is 21.8 Å². The van der Waals surface area contributed by atoms with Gasteiger partial charge in [-0.1, -0.05) is 66.8 Å². The first-order valence-electron chi connectivity index (χ1n) is 13.3. The van der Waals surface area contributed by atoms with Crippen molar-refractivity contribution in [3.63, 3.8) is 0 Å². The van der Waals surface area contributed by atoms with Crippen molar-refractivity contribution in [1.82, 2.24) is 10.2 Å². The summed E-state index contributed by atoms with van der Waals surface area (Å²) in [6.07, 6.45) is 6.90. The minimum atomic E-state index is -3.59. The van der Waals surface area contributed by atoms with Crippen molar-refractivity contribution >= 4 is 39.1 Å². The summed E-state index contributed by atoms with van der Waals surface area (Å²) in [4.78, 5) is 28.3. The molecule has 0 saturated heterocycles. The van der Waals surface area contributed by atoms with Gasteiger partial charge in [-0.2, -0.15) is 0 Å². The number of benzene rings is 2. The van der Waals surface area contributed by atoms with E-state index in [2.05, 4.69) is 5.32 Å². The lowest BCUT2D eigenvalue weighted by Crippen LogP contribution is -2.50. The number of amides is 2. The maximum absolute atomic E-state index is 13.5. The van der Waals surface area contributed by atoms with Crippen LogP contribution in [0.1, 0.15) is 68.6 Å². The van der Waals surface area contributed by atoms with Crippen LogP contribution in [0.25, 0.3) is 0 Å². The quantitative estimate of drug-likeness (QED) is 0.399. The van der Waals surface area contributed by atoms with E-state index in [1.54, 1.807) is 30.0 Å². The van der Waals surface area contributed by atoms with Crippen molar-refractivity contribution in [1.29, 1.82) is 0 Å². The minimum absolute atomic E-state index is 0.110. The Morgan fingerprint density at radius 2 is 1.71 bits per heavy atom. The average molecular weight is 562 g/mol. The molecule has 0 spiro atoms. The van der Waals surface area contributed by atoms with E-state index in [9.17, 15) is 18.0 Å². The number of nitrogens with zero attached hydrogens (tertiary/aromatic N) is 2. The first kappa shape index (κ1) is 30.0. The highest BCUT2D eigenvalue weighted by Gasteiger charge is 2.28. The zero-order valence-electron chi connectivity index (χ0n) is 22.9. The topological polar surface area (TPSA) is 86.8 Å². The lowest BCUT2D eigenvalue weighted by atomic mass is 9.95. The Kier molecular flexibility index (Phi) is 10.6. The molecule has 38 heavy (non-hydrogen) atoms. The second-order valence-corrected chi connectivity index (χ2v) is 12.7. The molecule has 1 saturated carbocycles. The molecule has 2 aromatic carbocycles. The SMILES string of the molecule is Cc1ccc(CN(C(=O)CCCN(c2cc(Cl)ccc2C)S(C)(=O)=O)C(C)C(=O)NC2CCCCC2)cc1. The van der Waals surface area contributed by atoms with Crippen LogP contribution in [0.15, 0.2) is 42.5 Å². The van der Waals surface area contributed by atoms with Gasteiger partial charge in [0.05, 0.1) is 11.9 Å². The van der Waals surface area contributed by atoms with Gasteiger partial charge in [-0.25, -0.2) is 8.42 Å². The molecule has 2 aromatic rings. The number of aryl methyl sites for hydroxylation is 2. The Hall–Kier alpha value is -2.58. The zero-order chi connectivity index (χ0) is 27.9. The first-order chi connectivity index (χ1) is 18.0. The summed E-state index contributed by atoms with van der Waals surface area (Å²) in [7, 11) is -3.59. The number of sulfonamides is 1. The average Bonchev–Trinajstić information content (AvgIpc) is 2.87. The second kappa shape index (κ2) is 13.5. The van der Waals surface area contributed by atoms with Gasteiger partial charge in [0.15, 0.2) is 0 Å². The molecule has 3 rings (SSSR count). The fraction of sp³-hybridized carbons (Fsp3) is 0.517. The maximum atomic E-state index is 13.5. The number of carbonyl (C=O) groups excluding carboxylic acids is 2. The van der Waals surface area contributed by atoms with Crippen LogP contribution >= 0.6 is 11.6 Å². The van der Waals surface area contributed by atoms with Gasteiger partial charge in [0.1, 0.15) is 6.04 Å². The zero-order valence-corrected chi connectivity index (χ0v) is 24.4. The van der Waals surface area contributed by atoms with Crippen LogP contribution in [0.3, 0.4) is 0 Å². The van der Waals surface area contributed by atoms with Crippen LogP contribution in [0.2, 0.25) is 5.02 Å². The van der Waals surface area contributed by atoms with E-state index >= 15 is 0 Å². The predicted octanol–water partition coefficient (Wildman–Crippen LogP) is 5.37. The van der Waals surface area contributed by atoms with Crippen LogP contribution < -0.4 is 9.62 Å². The monoisotopic (exact) mass is 561 g/mol. The number of rotatable bonds is 11. The molecule has 0 heterocycles. The van der Waals surface area contributed by atoms with E-state index in [0.29, 0.717) is 23.7 Å². The van der Waals surface area contributed by atoms with Crippen molar-refractivity contribution in [3.8, 4) is 0 Å². The molecule has 1 N–H and O–H groups in total. The molecule has 1 atom stereocenters. The highest BCUT2D eigenvalue weighted by molar-refractivity contribution is 7.92. The number of halogens is 1. The summed E-state index contributed by atoms with van der Waals surface area (Å²) in [6.45, 7) is 6.03. The van der Waals surface area contributed by atoms with Crippen LogP contribution in [0.4, 0.5) is 5.69 Å². The summed E-state index contributed by atoms with van der Waals surface area (Å²) in [5, 5.41) is 3.59. The van der Waals surface area contributed by atoms with Crippen LogP contribution in [-0.4, -0.2) is 50.0 Å². The van der Waals surface area contributed by atoms with E-state index in [-0.39, 0.29) is 30.8 Å². The Labute approximate surface area is 232 Å². The van der Waals surface area contributed by atoms with Crippen molar-refractivity contribution in [2.45, 2.75) is 84.3 Å². The molecule has 1 aliphatic rings. The van der Waals surface area contributed by atoms with Crippen molar-refractivity contribution in [2.24, 2.45) is 0 Å². The number of nitrogens with one attached hydrogen (secondary N) is 1. The number of carbonyl (C=O) groups is 2. The predicted molar refractivity (Wildman–Crippen MR) is 154 cm³/mol. The van der Waals surface area contributed by atoms with Gasteiger partial charge < -0.3 is 10.2 Å². The third-order valence-electron chi connectivity index (χ3n) is 7.18. The second-order valence-electron chi connectivity index (χ2n) is 10.4. The van der Waals surface area contributed by atoms with E-state index in [1.807, 2.05) is 38.1 Å². The largest absolute Gasteiger partial charge is 0.352 e. The van der Waals surface area contributed by atoms with Crippen LogP contribution in [0, 0.1) is 13.8 Å². The van der Waals surface area contributed by atoms with Gasteiger partial charge in [0.25, 0.3) is 0 Å². The fourth-order valence-corrected chi connectivity index (χ4v) is 6.06. The maximum Gasteiger partial charge on any atom is 0.242 e. The van der Waals surface area contributed by atoms with E-state index in [1.165, 1.54) is 10.7 Å². The summed E-state index contributed by atoms with van der Waals surface area (Å²) >= 11 is 6.14. The molecule has 0 aromatic heterocycles. The summed E-state index contributed by atoms with van der Waals surface area (Å²) in [5.41, 5.74) is 3.34. The molecule has 0 bridgehead atoms. The molecule has 0 radical (unpaired) electrons. The molecule has 1 unspecified atom stereocenters. The first-order valence-corrected chi connectivity index (χ1v) is 15.6. The lowest BCUT2D eigenvalue weighted by molar-refractivity contribution is -0.141. The smallest absolute Gasteiger partial charge is 0.242 e. The van der Waals surface area contributed by atoms with Gasteiger partial charge in [-0.15, -0.1) is 0 Å². The van der Waals surface area contributed by atoms with Crippen molar-refractivity contribution in [3.05, 3.63) is 64.2 Å². The highest BCUT2D eigenvalue weighted by atomic mass is 35.5. The van der Waals surface area contributed by atoms with Crippen molar-refractivity contribution in [2.75, 3.05) is 17.1 Å². The number of anilines is 1. The standard InChI is InChI=1S/C29H40ClN3O4S/c1-21-12-15-24(16-13-21)20-32(23(3)29(35)31-26-9-6-5-7-10-26)28(34)11-8-18-33(38(4,36)37)27-19-25(30)17-14-22(27)2/h12-17,19,23,26H,5-11,18,20H2,1-4H3,(H,31,35). The van der Waals surface area contributed by atoms with Gasteiger partial charge in [-0.3, -0.25) is 13.9 Å². The van der Waals surface area contributed by atoms with Crippen molar-refractivity contribution < 1.29 is 18.0 Å². The molecule has 7 nitrogen and oxygen atoms in total. The summed E-state index contributed by atoms with van der Waals surface area (Å²) < 4.78 is 26.5. The molecular weight excluding hydrogens is 522 g/mol. The molecule has 0 aliphatic heterocycles. The Balaban J connectivity index is 1.73. The molecule has 1 fully saturated rings. The van der Waals surface area contributed by atoms with Gasteiger partial charge in [-0.05, 0) is 63.3 Å². The third-order valence-corrected chi connectivity index (χ3v) is 8.60. The fourth-order valence-electron chi connectivity index (χ4n) is 4.88. The van der Waals surface area contributed by atoms with E-state index < -0.39 is 16.1 Å². The summed E-state index contributed by atoms with van der Waals surface area (Å²) in [5.74, 6) is -0.335. The minimum Gasteiger partial charge on any atom is -0.352 e. The van der Waals surface area contributed by atoms with Gasteiger partial charge in [0, 0.05) is 30.6 Å². The van der Waals surface area contributed by atoms with E-state index in [4.69, 9.17) is 11.6 Å². The Morgan fingerprint density at radius 3 is 2.34 bits per heavy atom. The number of hydrogen-bond donors (Lipinski definition) is 1.